The van der Waals surface area contributed by atoms with Crippen LogP contribution >= 0.6 is 0 Å². The minimum atomic E-state index is -0.613. The van der Waals surface area contributed by atoms with Crippen LogP contribution in [-0.2, 0) is 19.7 Å². The number of carbonyl (C=O) groups is 2. The first-order valence-electron chi connectivity index (χ1n) is 14.4. The minimum Gasteiger partial charge on any atom is -0.489 e. The van der Waals surface area contributed by atoms with Crippen molar-refractivity contribution in [2.45, 2.75) is 83.2 Å². The van der Waals surface area contributed by atoms with Gasteiger partial charge in [0.25, 0.3) is 0 Å². The predicted molar refractivity (Wildman–Crippen MR) is 146 cm³/mol. The second-order valence-electron chi connectivity index (χ2n) is 13.3. The van der Waals surface area contributed by atoms with Crippen LogP contribution in [0.3, 0.4) is 0 Å². The van der Waals surface area contributed by atoms with Crippen LogP contribution in [0, 0.1) is 10.8 Å². The highest BCUT2D eigenvalue weighted by atomic mass is 19.1. The van der Waals surface area contributed by atoms with E-state index >= 15 is 0 Å². The molecular formula is C31H43FN2O5. The van der Waals surface area contributed by atoms with Gasteiger partial charge in [0, 0.05) is 49.3 Å². The van der Waals surface area contributed by atoms with E-state index in [-0.39, 0.29) is 24.0 Å². The summed E-state index contributed by atoms with van der Waals surface area (Å²) < 4.78 is 29.9. The number of likely N-dealkylation sites (tertiary alicyclic amines) is 1. The Bertz CT molecular complexity index is 1050. The van der Waals surface area contributed by atoms with Gasteiger partial charge in [-0.2, -0.15) is 0 Å². The van der Waals surface area contributed by atoms with Crippen molar-refractivity contribution in [3.63, 3.8) is 0 Å². The van der Waals surface area contributed by atoms with Gasteiger partial charge in [-0.1, -0.05) is 12.1 Å². The summed E-state index contributed by atoms with van der Waals surface area (Å²) in [6.07, 6.45) is 8.05. The number of nitrogens with one attached hydrogen (secondary N) is 1. The van der Waals surface area contributed by atoms with Gasteiger partial charge in [0.05, 0.1) is 6.33 Å². The van der Waals surface area contributed by atoms with E-state index in [0.717, 1.165) is 77.7 Å². The molecule has 0 atom stereocenters. The molecule has 2 aliphatic heterocycles. The van der Waals surface area contributed by atoms with Crippen molar-refractivity contribution < 1.29 is 28.2 Å². The van der Waals surface area contributed by atoms with Crippen molar-refractivity contribution in [2.24, 2.45) is 10.8 Å². The summed E-state index contributed by atoms with van der Waals surface area (Å²) in [5.74, 6) is 1.05. The summed E-state index contributed by atoms with van der Waals surface area (Å²) in [7, 11) is 0. The Hall–Kier alpha value is -2.61. The molecule has 1 spiro atoms. The van der Waals surface area contributed by atoms with E-state index < -0.39 is 11.7 Å². The first-order valence-corrected chi connectivity index (χ1v) is 14.4. The van der Waals surface area contributed by atoms with Gasteiger partial charge in [0.1, 0.15) is 18.0 Å². The molecular weight excluding hydrogens is 499 g/mol. The average molecular weight is 543 g/mol. The van der Waals surface area contributed by atoms with Gasteiger partial charge in [0.2, 0.25) is 5.91 Å². The summed E-state index contributed by atoms with van der Waals surface area (Å²) in [5, 5.41) is 2.55. The molecule has 6 rings (SSSR count). The van der Waals surface area contributed by atoms with Crippen LogP contribution in [0.2, 0.25) is 0 Å². The summed E-state index contributed by atoms with van der Waals surface area (Å²) in [6.45, 7) is 8.87. The normalized spacial score (nSPS) is 28.1. The van der Waals surface area contributed by atoms with Crippen LogP contribution in [0.4, 0.5) is 9.18 Å². The van der Waals surface area contributed by atoms with E-state index in [0.29, 0.717) is 29.0 Å². The van der Waals surface area contributed by atoms with Crippen molar-refractivity contribution in [1.29, 1.82) is 0 Å². The van der Waals surface area contributed by atoms with Crippen molar-refractivity contribution in [3.8, 4) is 5.75 Å². The zero-order chi connectivity index (χ0) is 27.7. The van der Waals surface area contributed by atoms with E-state index in [1.807, 2.05) is 12.1 Å². The van der Waals surface area contributed by atoms with Gasteiger partial charge in [-0.3, -0.25) is 4.79 Å². The third-order valence-corrected chi connectivity index (χ3v) is 9.50. The Balaban J connectivity index is 1.11. The molecule has 2 amide bonds. The molecule has 1 aromatic carbocycles. The number of fused-ring (bicyclic) bond motifs is 3. The molecule has 8 heteroatoms. The van der Waals surface area contributed by atoms with E-state index in [9.17, 15) is 14.0 Å². The molecule has 0 radical (unpaired) electrons. The fourth-order valence-electron chi connectivity index (χ4n) is 7.00. The second-order valence-corrected chi connectivity index (χ2v) is 13.3. The largest absolute Gasteiger partial charge is 0.489 e. The quantitative estimate of drug-likeness (QED) is 0.480. The summed E-state index contributed by atoms with van der Waals surface area (Å²) in [5.41, 5.74) is 1.27. The van der Waals surface area contributed by atoms with Crippen LogP contribution in [0.25, 0.3) is 0 Å². The fraction of sp³-hybridized carbons (Fsp3) is 0.677. The SMILES string of the molecule is CC(C)(C)OC(=O)NC/C(=C\F)COc1ccc(C23CCC(C(=O)N4CC5(CCOCC5)C4)(CC2)CC3)cc1. The van der Waals surface area contributed by atoms with Gasteiger partial charge >= 0.3 is 6.09 Å². The van der Waals surface area contributed by atoms with Crippen LogP contribution < -0.4 is 10.1 Å². The van der Waals surface area contributed by atoms with Gasteiger partial charge < -0.3 is 24.4 Å². The van der Waals surface area contributed by atoms with Gasteiger partial charge in [0.15, 0.2) is 0 Å². The lowest BCUT2D eigenvalue weighted by Crippen LogP contribution is -2.64. The summed E-state index contributed by atoms with van der Waals surface area (Å²) in [4.78, 5) is 27.5. The highest BCUT2D eigenvalue weighted by Crippen LogP contribution is 2.59. The first kappa shape index (κ1) is 27.9. The fourth-order valence-corrected chi connectivity index (χ4v) is 7.00. The number of ether oxygens (including phenoxy) is 3. The maximum atomic E-state index is 13.6. The van der Waals surface area contributed by atoms with Gasteiger partial charge in [-0.25, -0.2) is 9.18 Å². The standard InChI is InChI=1S/C31H43FN2O5/c1-28(2,3)39-27(36)33-19-23(18-32)20-38-25-6-4-24(5-7-25)30-8-11-31(12-9-30,13-10-30)26(35)34-21-29(22-34)14-16-37-17-15-29/h4-7,18H,8-17,19-22H2,1-3H3,(H,33,36)/b23-18+. The van der Waals surface area contributed by atoms with Crippen LogP contribution in [0.1, 0.15) is 77.7 Å². The van der Waals surface area contributed by atoms with Crippen molar-refractivity contribution in [3.05, 3.63) is 41.7 Å². The molecule has 1 aromatic rings. The third-order valence-electron chi connectivity index (χ3n) is 9.50. The number of hydrogen-bond donors (Lipinski definition) is 1. The number of amides is 2. The number of benzene rings is 1. The zero-order valence-electron chi connectivity index (χ0n) is 23.7. The van der Waals surface area contributed by atoms with Crippen LogP contribution in [-0.4, -0.2) is 62.0 Å². The molecule has 7 nitrogen and oxygen atoms in total. The molecule has 39 heavy (non-hydrogen) atoms. The van der Waals surface area contributed by atoms with E-state index in [1.54, 1.807) is 20.8 Å². The van der Waals surface area contributed by atoms with Gasteiger partial charge in [-0.15, -0.1) is 0 Å². The number of carbonyl (C=O) groups excluding carboxylic acids is 2. The Morgan fingerprint density at radius 2 is 1.62 bits per heavy atom. The Morgan fingerprint density at radius 3 is 2.18 bits per heavy atom. The smallest absolute Gasteiger partial charge is 0.407 e. The second kappa shape index (κ2) is 10.8. The summed E-state index contributed by atoms with van der Waals surface area (Å²) in [6, 6.07) is 8.13. The Labute approximate surface area is 231 Å². The molecule has 1 N–H and O–H groups in total. The molecule has 3 aliphatic carbocycles. The third kappa shape index (κ3) is 5.96. The molecule has 2 bridgehead atoms. The van der Waals surface area contributed by atoms with E-state index in [4.69, 9.17) is 14.2 Å². The minimum absolute atomic E-state index is 0.0138. The first-order chi connectivity index (χ1) is 18.6. The Morgan fingerprint density at radius 1 is 1.00 bits per heavy atom. The summed E-state index contributed by atoms with van der Waals surface area (Å²) >= 11 is 0. The zero-order valence-corrected chi connectivity index (χ0v) is 23.7. The number of rotatable bonds is 7. The molecule has 2 saturated heterocycles. The monoisotopic (exact) mass is 542 g/mol. The maximum absolute atomic E-state index is 13.6. The molecule has 3 saturated carbocycles. The molecule has 0 unspecified atom stereocenters. The average Bonchev–Trinajstić information content (AvgIpc) is 2.92. The van der Waals surface area contributed by atoms with E-state index in [1.165, 1.54) is 5.56 Å². The lowest BCUT2D eigenvalue weighted by atomic mass is 9.51. The van der Waals surface area contributed by atoms with Crippen molar-refractivity contribution in [2.75, 3.05) is 39.5 Å². The Kier molecular flexibility index (Phi) is 7.70. The molecule has 214 valence electrons. The molecule has 5 fully saturated rings. The number of alkyl carbamates (subject to hydrolysis) is 1. The number of nitrogens with zero attached hydrogens (tertiary/aromatic N) is 1. The lowest BCUT2D eigenvalue weighted by Gasteiger charge is -2.58. The van der Waals surface area contributed by atoms with Crippen LogP contribution in [0.5, 0.6) is 5.75 Å². The lowest BCUT2D eigenvalue weighted by molar-refractivity contribution is -0.167. The highest BCUT2D eigenvalue weighted by Gasteiger charge is 2.56. The van der Waals surface area contributed by atoms with Gasteiger partial charge in [-0.05, 0) is 95.2 Å². The van der Waals surface area contributed by atoms with Crippen LogP contribution in [0.15, 0.2) is 36.2 Å². The molecule has 0 aromatic heterocycles. The number of hydrogen-bond acceptors (Lipinski definition) is 5. The molecule has 2 heterocycles. The van der Waals surface area contributed by atoms with E-state index in [2.05, 4.69) is 22.3 Å². The van der Waals surface area contributed by atoms with Crippen molar-refractivity contribution >= 4 is 12.0 Å². The highest BCUT2D eigenvalue weighted by molar-refractivity contribution is 5.84. The molecule has 5 aliphatic rings. The van der Waals surface area contributed by atoms with Crippen molar-refractivity contribution in [1.82, 2.24) is 10.2 Å². The maximum Gasteiger partial charge on any atom is 0.407 e. The topological polar surface area (TPSA) is 77.1 Å². The predicted octanol–water partition coefficient (Wildman–Crippen LogP) is 5.67. The number of halogens is 1.